The molecule has 0 spiro atoms. The molecule has 0 rings (SSSR count). The van der Waals surface area contributed by atoms with Gasteiger partial charge < -0.3 is 0 Å². The Morgan fingerprint density at radius 2 is 0.941 bits per heavy atom. The minimum atomic E-state index is -2.09. The molecule has 204 valence electrons. The van der Waals surface area contributed by atoms with Crippen molar-refractivity contribution in [2.75, 3.05) is 31.3 Å². The molecule has 0 saturated carbocycles. The van der Waals surface area contributed by atoms with Gasteiger partial charge in [-0.2, -0.15) is 0 Å². The quantitative estimate of drug-likeness (QED) is 0.0478. The van der Waals surface area contributed by atoms with Crippen LogP contribution >= 0.6 is 20.8 Å². The van der Waals surface area contributed by atoms with E-state index in [1.54, 1.807) is 6.92 Å². The standard InChI is InChI=1S/C30H60BrO2P/c1-6-9-12-15-18-21-25-34(31,26-22-19-16-13-10-7-2,27-23-20-17-14-11-8-3)28-24-33-30(32)29(4)5/h4,6-28H2,1-3,5H3. The second-order valence-electron chi connectivity index (χ2n) is 10.9. The number of rotatable bonds is 25. The summed E-state index contributed by atoms with van der Waals surface area (Å²) >= 11 is 4.55. The van der Waals surface area contributed by atoms with E-state index in [0.717, 1.165) is 6.16 Å². The molecule has 4 heteroatoms. The van der Waals surface area contributed by atoms with E-state index in [1.807, 2.05) is 0 Å². The Bertz CT molecular complexity index is 476. The first-order valence-electron chi connectivity index (χ1n) is 14.9. The van der Waals surface area contributed by atoms with Crippen LogP contribution in [0.15, 0.2) is 12.2 Å². The summed E-state index contributed by atoms with van der Waals surface area (Å²) in [4.78, 5) is 12.1. The van der Waals surface area contributed by atoms with Gasteiger partial charge in [-0.3, -0.25) is 0 Å². The summed E-state index contributed by atoms with van der Waals surface area (Å²) in [6, 6.07) is 0. The zero-order valence-corrected chi connectivity index (χ0v) is 26.1. The second kappa shape index (κ2) is 21.2. The van der Waals surface area contributed by atoms with Crippen LogP contribution in [-0.4, -0.2) is 37.2 Å². The number of carbonyl (C=O) groups excluding carboxylic acids is 1. The summed E-state index contributed by atoms with van der Waals surface area (Å²) in [5.74, 6) is -0.226. The van der Waals surface area contributed by atoms with E-state index in [9.17, 15) is 4.79 Å². The summed E-state index contributed by atoms with van der Waals surface area (Å²) in [6.07, 6.45) is 29.3. The molecule has 0 aliphatic heterocycles. The fraction of sp³-hybridized carbons (Fsp3) is 0.900. The molecule has 0 aromatic heterocycles. The Morgan fingerprint density at radius 1 is 0.618 bits per heavy atom. The summed E-state index contributed by atoms with van der Waals surface area (Å²) in [7, 11) is 0. The van der Waals surface area contributed by atoms with Crippen LogP contribution in [0.5, 0.6) is 0 Å². The van der Waals surface area contributed by atoms with Crippen molar-refractivity contribution >= 4 is 26.8 Å². The van der Waals surface area contributed by atoms with Crippen LogP contribution in [0.1, 0.15) is 143 Å². The number of hydrogen-bond acceptors (Lipinski definition) is 2. The molecule has 0 heterocycles. The first-order chi connectivity index (χ1) is 16.3. The van der Waals surface area contributed by atoms with Gasteiger partial charge >= 0.3 is 223 Å². The van der Waals surface area contributed by atoms with Crippen molar-refractivity contribution in [3.8, 4) is 0 Å². The van der Waals surface area contributed by atoms with Gasteiger partial charge in [-0.1, -0.05) is 0 Å². The van der Waals surface area contributed by atoms with Crippen LogP contribution in [0.2, 0.25) is 0 Å². The zero-order valence-electron chi connectivity index (χ0n) is 23.6. The van der Waals surface area contributed by atoms with Crippen LogP contribution in [-0.2, 0) is 9.53 Å². The fourth-order valence-electron chi connectivity index (χ4n) is 5.02. The van der Waals surface area contributed by atoms with Crippen molar-refractivity contribution in [1.82, 2.24) is 0 Å². The molecule has 0 aliphatic rings. The van der Waals surface area contributed by atoms with E-state index in [0.29, 0.717) is 12.2 Å². The monoisotopic (exact) mass is 562 g/mol. The Balaban J connectivity index is 5.18. The Labute approximate surface area is 222 Å². The number of carbonyl (C=O) groups is 1. The molecule has 0 aromatic rings. The molecule has 0 unspecified atom stereocenters. The average Bonchev–Trinajstić information content (AvgIpc) is 2.81. The molecule has 0 N–H and O–H groups in total. The molecule has 0 amide bonds. The van der Waals surface area contributed by atoms with Crippen molar-refractivity contribution in [3.05, 3.63) is 12.2 Å². The number of unbranched alkanes of at least 4 members (excludes halogenated alkanes) is 15. The van der Waals surface area contributed by atoms with Crippen molar-refractivity contribution in [3.63, 3.8) is 0 Å². The van der Waals surface area contributed by atoms with Crippen LogP contribution in [0, 0.1) is 0 Å². The van der Waals surface area contributed by atoms with Gasteiger partial charge in [-0.15, -0.1) is 0 Å². The number of ether oxygens (including phenoxy) is 1. The molecule has 34 heavy (non-hydrogen) atoms. The van der Waals surface area contributed by atoms with Gasteiger partial charge in [0.2, 0.25) is 0 Å². The van der Waals surface area contributed by atoms with E-state index >= 15 is 0 Å². The number of halogens is 1. The van der Waals surface area contributed by atoms with Crippen LogP contribution in [0.4, 0.5) is 0 Å². The molecule has 0 aliphatic carbocycles. The van der Waals surface area contributed by atoms with Gasteiger partial charge in [-0.25, -0.2) is 0 Å². The topological polar surface area (TPSA) is 26.3 Å². The maximum atomic E-state index is 12.1. The third kappa shape index (κ3) is 17.5. The van der Waals surface area contributed by atoms with E-state index in [1.165, 1.54) is 134 Å². The van der Waals surface area contributed by atoms with Gasteiger partial charge in [0, 0.05) is 0 Å². The minimum absolute atomic E-state index is 0.226. The molecular weight excluding hydrogens is 503 g/mol. The molecule has 2 nitrogen and oxygen atoms in total. The van der Waals surface area contributed by atoms with Gasteiger partial charge in [0.05, 0.1) is 0 Å². The molecule has 0 atom stereocenters. The van der Waals surface area contributed by atoms with E-state index < -0.39 is 5.31 Å². The summed E-state index contributed by atoms with van der Waals surface area (Å²) in [5.41, 5.74) is 0.512. The van der Waals surface area contributed by atoms with Crippen molar-refractivity contribution in [2.24, 2.45) is 0 Å². The Hall–Kier alpha value is 0.120. The van der Waals surface area contributed by atoms with Gasteiger partial charge in [0.1, 0.15) is 0 Å². The van der Waals surface area contributed by atoms with Gasteiger partial charge in [0.15, 0.2) is 0 Å². The Morgan fingerprint density at radius 3 is 1.26 bits per heavy atom. The summed E-state index contributed by atoms with van der Waals surface area (Å²) in [6.45, 7) is 12.9. The maximum absolute atomic E-state index is 12.1. The number of hydrogen-bond donors (Lipinski definition) is 0. The predicted molar refractivity (Wildman–Crippen MR) is 161 cm³/mol. The zero-order chi connectivity index (χ0) is 25.6. The summed E-state index contributed by atoms with van der Waals surface area (Å²) < 4.78 is 5.67. The summed E-state index contributed by atoms with van der Waals surface area (Å²) in [5, 5.41) is -2.09. The molecule has 0 fully saturated rings. The molecule has 0 bridgehead atoms. The first-order valence-corrected chi connectivity index (χ1v) is 19.9. The van der Waals surface area contributed by atoms with Crippen molar-refractivity contribution in [2.45, 2.75) is 143 Å². The van der Waals surface area contributed by atoms with Crippen molar-refractivity contribution < 1.29 is 9.53 Å². The Kier molecular flexibility index (Phi) is 21.3. The third-order valence-electron chi connectivity index (χ3n) is 7.44. The SMILES string of the molecule is C=C(C)C(=O)OCCP(Br)(CCCCCCCC)(CCCCCCCC)CCCCCCCC. The first kappa shape index (κ1) is 34.1. The van der Waals surface area contributed by atoms with E-state index in [2.05, 4.69) is 42.8 Å². The van der Waals surface area contributed by atoms with E-state index in [-0.39, 0.29) is 5.97 Å². The van der Waals surface area contributed by atoms with E-state index in [4.69, 9.17) is 4.74 Å². The van der Waals surface area contributed by atoms with Crippen LogP contribution < -0.4 is 0 Å². The van der Waals surface area contributed by atoms with Crippen LogP contribution in [0.3, 0.4) is 0 Å². The third-order valence-corrected chi connectivity index (χ3v) is 17.3. The van der Waals surface area contributed by atoms with Crippen LogP contribution in [0.25, 0.3) is 0 Å². The molecule has 0 aromatic carbocycles. The molecule has 0 saturated heterocycles. The molecular formula is C30H60BrO2P. The second-order valence-corrected chi connectivity index (χ2v) is 22.4. The number of esters is 1. The normalized spacial score (nSPS) is 12.9. The van der Waals surface area contributed by atoms with Crippen molar-refractivity contribution in [1.29, 1.82) is 0 Å². The predicted octanol–water partition coefficient (Wildman–Crippen LogP) is 11.1. The fourth-order valence-corrected chi connectivity index (χ4v) is 12.6. The molecule has 0 radical (unpaired) electrons. The average molecular weight is 564 g/mol. The van der Waals surface area contributed by atoms with Gasteiger partial charge in [0.25, 0.3) is 0 Å². The van der Waals surface area contributed by atoms with Gasteiger partial charge in [-0.05, 0) is 0 Å².